The molecule has 0 saturated carbocycles. The molecule has 0 aliphatic heterocycles. The lowest BCUT2D eigenvalue weighted by Crippen LogP contribution is -2.32. The van der Waals surface area contributed by atoms with E-state index in [-0.39, 0.29) is 39.3 Å². The fourth-order valence-corrected chi connectivity index (χ4v) is 12.3. The quantitative estimate of drug-likeness (QED) is 0.00742. The second-order valence-corrected chi connectivity index (χ2v) is 30.3. The topological polar surface area (TPSA) is 589 Å². The Morgan fingerprint density at radius 1 is 0.474 bits per heavy atom. The minimum atomic E-state index is -4.68. The van der Waals surface area contributed by atoms with E-state index in [1.807, 2.05) is 12.1 Å². The van der Waals surface area contributed by atoms with Crippen LogP contribution in [0.25, 0.3) is 10.8 Å². The number of fused-ring (bicyclic) bond motifs is 1. The van der Waals surface area contributed by atoms with E-state index in [2.05, 4.69) is 56.9 Å². The van der Waals surface area contributed by atoms with Gasteiger partial charge in [-0.25, -0.2) is 0 Å². The molecule has 0 fully saturated rings. The monoisotopic (exact) mass is 1720 g/mol. The number of carbonyl (C=O) groups excluding carboxylic acids is 6. The van der Waals surface area contributed by atoms with Crippen molar-refractivity contribution in [2.75, 3.05) is 43.8 Å². The van der Waals surface area contributed by atoms with Gasteiger partial charge in [-0.3, -0.25) is 67.2 Å². The van der Waals surface area contributed by atoms with E-state index in [1.54, 1.807) is 74.5 Å². The molecule has 0 heterocycles. The summed E-state index contributed by atoms with van der Waals surface area (Å²) in [5.74, 6) is -3.08. The Hall–Kier alpha value is -12.7. The highest BCUT2D eigenvalue weighted by Crippen LogP contribution is 2.40. The number of benzene rings is 9. The summed E-state index contributed by atoms with van der Waals surface area (Å²) in [5, 5.41) is 71.9. The van der Waals surface area contributed by atoms with E-state index in [1.165, 1.54) is 70.7 Å². The van der Waals surface area contributed by atoms with E-state index in [0.717, 1.165) is 68.1 Å². The van der Waals surface area contributed by atoms with Gasteiger partial charge in [-0.1, -0.05) is 77.8 Å². The number of methoxy groups -OCH3 is 3. The summed E-state index contributed by atoms with van der Waals surface area (Å²) in [4.78, 5) is 91.3. The minimum absolute atomic E-state index is 0.00423. The number of para-hydroxylation sites is 1. The summed E-state index contributed by atoms with van der Waals surface area (Å²) in [6.07, 6.45) is 0. The number of hydrogen-bond donors (Lipinski definition) is 8. The van der Waals surface area contributed by atoms with Gasteiger partial charge in [-0.2, -0.15) is 54.1 Å². The van der Waals surface area contributed by atoms with Crippen LogP contribution in [0.4, 0.5) is 56.9 Å². The van der Waals surface area contributed by atoms with Crippen molar-refractivity contribution < 1.29 is 110 Å². The molecule has 0 aliphatic carbocycles. The normalized spacial score (nSPS) is 12.4. The maximum atomic E-state index is 12.7. The van der Waals surface area contributed by atoms with Crippen LogP contribution in [0.1, 0.15) is 37.5 Å². The van der Waals surface area contributed by atoms with Crippen LogP contribution in [0.2, 0.25) is 10.0 Å². The van der Waals surface area contributed by atoms with Crippen molar-refractivity contribution >= 4 is 166 Å². The maximum Gasteiger partial charge on any atom is 0.298 e. The predicted octanol–water partition coefficient (Wildman–Crippen LogP) is 14.2. The number of hydrogen-bond acceptors (Lipinski definition) is 31. The standard InChI is InChI=1S/C20H21Cl2N3O7S.C17H16N4O8S.C17H16N4O7S.C17H14N2O4S/c1-10-5-19(33(28,29)30)15(6-12(10)21)24-25-20(11(2)26)16(27)9-23-14-8-17(31-3)13(22)7-18(14)32-4;1-10(22)16(17(23)18-11-3-5-12(29-2)6-4-11)20-19-14-8-7-13(30(26,27)28)9-15(14)21(24)25;1-10-5-3-4-6-13(10)18-17(23)16(11(2)22)20-19-14-8-7-12(29(26,27)28)9-15(14)21(24)25;1-11-6-8-14(16(10-11)24(21,22)23)18-19-17-13-5-3-2-4-12(13)7-9-15(17)20/h5-8,20,23H,9H2,1-4H3,(H,28,29,30);3-9,16H,1-2H3,(H,18,23)(H,26,27,28);3-9,16H,1-2H3,(H,18,23)(H,26,27,28);2-10,20H,1H3,(H,21,22,23). The molecule has 0 spiro atoms. The number of halogens is 2. The molecule has 9 aromatic rings. The fourth-order valence-electron chi connectivity index (χ4n) is 9.53. The van der Waals surface area contributed by atoms with Gasteiger partial charge in [0, 0.05) is 46.0 Å². The number of anilines is 3. The fraction of sp³-hybridized carbons (Fsp3) is 0.183. The Bertz CT molecular complexity index is 5940. The van der Waals surface area contributed by atoms with E-state index >= 15 is 0 Å². The molecule has 45 heteroatoms. The lowest BCUT2D eigenvalue weighted by molar-refractivity contribution is -0.384. The number of azo groups is 4. The van der Waals surface area contributed by atoms with Gasteiger partial charge in [0.05, 0.1) is 48.4 Å². The van der Waals surface area contributed by atoms with Crippen molar-refractivity contribution in [2.45, 2.75) is 79.2 Å². The van der Waals surface area contributed by atoms with Crippen molar-refractivity contribution in [1.82, 2.24) is 0 Å². The molecule has 2 amide bonds. The number of aromatic hydroxyl groups is 1. The van der Waals surface area contributed by atoms with Crippen molar-refractivity contribution in [3.63, 3.8) is 0 Å². The zero-order valence-electron chi connectivity index (χ0n) is 61.7. The minimum Gasteiger partial charge on any atom is -0.506 e. The molecule has 0 saturated heterocycles. The average molecular weight is 1720 g/mol. The number of nitro benzene ring substituents is 2. The third kappa shape index (κ3) is 25.9. The van der Waals surface area contributed by atoms with E-state index < -0.39 is 141 Å². The number of nitrogens with zero attached hydrogens (tertiary/aromatic N) is 10. The summed E-state index contributed by atoms with van der Waals surface area (Å²) in [6.45, 7) is 7.98. The predicted molar refractivity (Wildman–Crippen MR) is 419 cm³/mol. The van der Waals surface area contributed by atoms with Crippen LogP contribution in [0, 0.1) is 41.0 Å². The van der Waals surface area contributed by atoms with E-state index in [0.29, 0.717) is 68.0 Å². The first kappa shape index (κ1) is 92.2. The van der Waals surface area contributed by atoms with Crippen LogP contribution in [-0.2, 0) is 69.2 Å². The van der Waals surface area contributed by atoms with Gasteiger partial charge in [-0.15, -0.1) is 20.5 Å². The smallest absolute Gasteiger partial charge is 0.298 e. The summed E-state index contributed by atoms with van der Waals surface area (Å²) in [5.41, 5.74) is 0.531. The number of carbonyl (C=O) groups is 6. The number of nitrogens with one attached hydrogen (secondary N) is 3. The van der Waals surface area contributed by atoms with Crippen LogP contribution in [-0.4, -0.2) is 148 Å². The van der Waals surface area contributed by atoms with Crippen LogP contribution in [0.5, 0.6) is 23.0 Å². The number of Topliss-reactive ketones (excluding diaryl/α,β-unsaturated/α-hetero) is 4. The Morgan fingerprint density at radius 3 is 1.47 bits per heavy atom. The molecule has 3 unspecified atom stereocenters. The number of phenolic OH excluding ortho intramolecular Hbond substituents is 1. The summed E-state index contributed by atoms with van der Waals surface area (Å²) in [6, 6.07) is 33.4. The van der Waals surface area contributed by atoms with Gasteiger partial charge in [0.25, 0.3) is 63.7 Å². The van der Waals surface area contributed by atoms with Crippen molar-refractivity contribution in [3.05, 3.63) is 211 Å². The molecule has 610 valence electrons. The largest absolute Gasteiger partial charge is 0.506 e. The first-order valence-corrected chi connectivity index (χ1v) is 39.0. The summed E-state index contributed by atoms with van der Waals surface area (Å²) in [7, 11) is -14.1. The number of ether oxygens (including phenoxy) is 3. The average Bonchev–Trinajstić information content (AvgIpc) is 0.834. The Morgan fingerprint density at radius 2 is 0.966 bits per heavy atom. The summed E-state index contributed by atoms with van der Waals surface area (Å²) < 4.78 is 143. The van der Waals surface area contributed by atoms with Crippen LogP contribution in [0.3, 0.4) is 0 Å². The molecule has 0 aromatic heterocycles. The molecule has 3 atom stereocenters. The Kier molecular flexibility index (Phi) is 32.0. The van der Waals surface area contributed by atoms with Gasteiger partial charge in [0.15, 0.2) is 40.5 Å². The lowest BCUT2D eigenvalue weighted by Gasteiger charge is -2.14. The van der Waals surface area contributed by atoms with E-state index in [4.69, 9.17) is 46.5 Å². The second kappa shape index (κ2) is 40.3. The first-order valence-electron chi connectivity index (χ1n) is 32.5. The molecule has 0 aliphatic rings. The van der Waals surface area contributed by atoms with Crippen molar-refractivity contribution in [2.24, 2.45) is 40.9 Å². The molecular formula is C71H67Cl2N13O26S4. The number of rotatable bonds is 28. The van der Waals surface area contributed by atoms with Crippen molar-refractivity contribution in [3.8, 4) is 23.0 Å². The van der Waals surface area contributed by atoms with Crippen molar-refractivity contribution in [1.29, 1.82) is 0 Å². The molecule has 9 aromatic carbocycles. The number of phenols is 1. The highest BCUT2D eigenvalue weighted by molar-refractivity contribution is 7.86. The van der Waals surface area contributed by atoms with Gasteiger partial charge >= 0.3 is 0 Å². The SMILES string of the molecule is CC(=O)C(N=Nc1ccc(S(=O)(=O)O)cc1[N+](=O)[O-])C(=O)Nc1ccccc1C.COc1cc(NCC(=O)C(N=Nc2cc(Cl)c(C)cc2S(=O)(=O)O)C(C)=O)c(OC)cc1Cl.COc1ccc(NC(=O)C(N=Nc2ccc(S(=O)(=O)O)cc2[N+](=O)[O-])C(C)=O)cc1.Cc1ccc(N=Nc2c(O)ccc3ccccc23)c(S(=O)(=O)O)c1. The molecule has 8 N–H and O–H groups in total. The summed E-state index contributed by atoms with van der Waals surface area (Å²) >= 11 is 12.1. The Labute approximate surface area is 669 Å². The zero-order valence-corrected chi connectivity index (χ0v) is 66.5. The van der Waals surface area contributed by atoms with E-state index in [9.17, 15) is 96.9 Å². The first-order chi connectivity index (χ1) is 54.3. The molecule has 0 radical (unpaired) electrons. The van der Waals surface area contributed by atoms with Gasteiger partial charge in [0.1, 0.15) is 59.6 Å². The molecule has 0 bridgehead atoms. The molecule has 116 heavy (non-hydrogen) atoms. The zero-order chi connectivity index (χ0) is 86.5. The Balaban J connectivity index is 0.000000242. The molecule has 39 nitrogen and oxygen atoms in total. The third-order valence-electron chi connectivity index (χ3n) is 15.4. The van der Waals surface area contributed by atoms with Gasteiger partial charge in [0.2, 0.25) is 12.1 Å². The maximum absolute atomic E-state index is 12.7. The number of amides is 2. The van der Waals surface area contributed by atoms with Gasteiger partial charge in [-0.05, 0) is 149 Å². The highest BCUT2D eigenvalue weighted by Gasteiger charge is 2.30. The molecule has 9 rings (SSSR count). The number of ketones is 4. The van der Waals surface area contributed by atoms with Crippen LogP contribution >= 0.6 is 23.2 Å². The molecular weight excluding hydrogens is 1650 g/mol. The second-order valence-electron chi connectivity index (χ2n) is 23.8. The third-order valence-corrected chi connectivity index (χ3v) is 19.6. The van der Waals surface area contributed by atoms with Crippen LogP contribution < -0.4 is 30.2 Å². The van der Waals surface area contributed by atoms with Crippen LogP contribution in [0.15, 0.2) is 224 Å². The number of aryl methyl sites for hydroxylation is 3. The van der Waals surface area contributed by atoms with Gasteiger partial charge < -0.3 is 35.3 Å². The lowest BCUT2D eigenvalue weighted by atomic mass is 10.1. The number of nitro groups is 2. The highest BCUT2D eigenvalue weighted by atomic mass is 35.5.